The molecule has 1 atom stereocenters. The predicted octanol–water partition coefficient (Wildman–Crippen LogP) is 2.28. The van der Waals surface area contributed by atoms with Gasteiger partial charge in [0.1, 0.15) is 11.5 Å². The lowest BCUT2D eigenvalue weighted by molar-refractivity contribution is -0.133. The lowest BCUT2D eigenvalue weighted by Crippen LogP contribution is -2.26. The Hall–Kier alpha value is -1.47. The summed E-state index contributed by atoms with van der Waals surface area (Å²) in [5, 5.41) is 12.6. The average Bonchev–Trinajstić information content (AvgIpc) is 2.41. The van der Waals surface area contributed by atoms with Crippen LogP contribution in [0.5, 0.6) is 11.5 Å². The predicted molar refractivity (Wildman–Crippen MR) is 68.0 cm³/mol. The van der Waals surface area contributed by atoms with Crippen LogP contribution in [0.4, 0.5) is 13.2 Å². The number of hydrogen-bond acceptors (Lipinski definition) is 4. The number of nitrogens with one attached hydrogen (secondary N) is 1. The molecule has 7 heteroatoms. The van der Waals surface area contributed by atoms with E-state index in [0.29, 0.717) is 17.1 Å². The minimum Gasteiger partial charge on any atom is -0.497 e. The van der Waals surface area contributed by atoms with Crippen LogP contribution in [-0.4, -0.2) is 38.6 Å². The third kappa shape index (κ3) is 5.26. The van der Waals surface area contributed by atoms with Crippen molar-refractivity contribution in [2.24, 2.45) is 0 Å². The molecule has 0 fully saturated rings. The van der Waals surface area contributed by atoms with Crippen molar-refractivity contribution in [1.82, 2.24) is 5.32 Å². The summed E-state index contributed by atoms with van der Waals surface area (Å²) in [5.74, 6) is 0.992. The van der Waals surface area contributed by atoms with Crippen molar-refractivity contribution in [2.75, 3.05) is 27.3 Å². The van der Waals surface area contributed by atoms with E-state index in [1.165, 1.54) is 14.2 Å². The summed E-state index contributed by atoms with van der Waals surface area (Å²) in [6.45, 7) is -0.244. The second kappa shape index (κ2) is 7.35. The molecule has 4 nitrogen and oxygen atoms in total. The number of benzene rings is 1. The zero-order chi connectivity index (χ0) is 15.2. The highest BCUT2D eigenvalue weighted by atomic mass is 19.4. The van der Waals surface area contributed by atoms with Gasteiger partial charge in [-0.25, -0.2) is 0 Å². The van der Waals surface area contributed by atoms with Gasteiger partial charge in [-0.3, -0.25) is 0 Å². The molecular weight excluding hydrogens is 275 g/mol. The first-order valence-electron chi connectivity index (χ1n) is 6.05. The first-order chi connectivity index (χ1) is 9.37. The molecule has 0 saturated heterocycles. The molecule has 1 aromatic rings. The number of methoxy groups -OCH3 is 2. The van der Waals surface area contributed by atoms with Crippen LogP contribution < -0.4 is 14.8 Å². The highest BCUT2D eigenvalue weighted by Crippen LogP contribution is 2.29. The second-order valence-corrected chi connectivity index (χ2v) is 4.19. The number of ether oxygens (including phenoxy) is 2. The van der Waals surface area contributed by atoms with Crippen LogP contribution in [0.1, 0.15) is 18.1 Å². The molecule has 0 aromatic heterocycles. The van der Waals surface area contributed by atoms with Gasteiger partial charge in [0.05, 0.1) is 26.7 Å². The molecule has 0 radical (unpaired) electrons. The lowest BCUT2D eigenvalue weighted by atomic mass is 10.1. The molecule has 0 bridgehead atoms. The fourth-order valence-corrected chi connectivity index (χ4v) is 1.68. The van der Waals surface area contributed by atoms with E-state index in [0.717, 1.165) is 0 Å². The Bertz CT molecular complexity index is 424. The van der Waals surface area contributed by atoms with Crippen molar-refractivity contribution < 1.29 is 27.8 Å². The maximum Gasteiger partial charge on any atom is 0.390 e. The van der Waals surface area contributed by atoms with Crippen LogP contribution in [0.3, 0.4) is 0 Å². The normalized spacial score (nSPS) is 13.1. The molecule has 0 aliphatic rings. The van der Waals surface area contributed by atoms with Gasteiger partial charge in [-0.2, -0.15) is 13.2 Å². The molecule has 2 N–H and O–H groups in total. The van der Waals surface area contributed by atoms with Gasteiger partial charge in [-0.1, -0.05) is 0 Å². The zero-order valence-corrected chi connectivity index (χ0v) is 11.3. The Kier molecular flexibility index (Phi) is 6.09. The van der Waals surface area contributed by atoms with E-state index >= 15 is 0 Å². The number of hydrogen-bond donors (Lipinski definition) is 2. The van der Waals surface area contributed by atoms with Crippen molar-refractivity contribution in [3.05, 3.63) is 23.8 Å². The van der Waals surface area contributed by atoms with E-state index in [9.17, 15) is 18.3 Å². The second-order valence-electron chi connectivity index (χ2n) is 4.19. The molecule has 0 saturated carbocycles. The Balaban J connectivity index is 2.60. The smallest absolute Gasteiger partial charge is 0.390 e. The largest absolute Gasteiger partial charge is 0.497 e. The van der Waals surface area contributed by atoms with E-state index in [1.807, 2.05) is 0 Å². The van der Waals surface area contributed by atoms with Gasteiger partial charge >= 0.3 is 6.18 Å². The van der Waals surface area contributed by atoms with E-state index in [2.05, 4.69) is 5.32 Å². The van der Waals surface area contributed by atoms with Crippen molar-refractivity contribution in [3.8, 4) is 11.5 Å². The third-order valence-electron chi connectivity index (χ3n) is 2.72. The summed E-state index contributed by atoms with van der Waals surface area (Å²) in [7, 11) is 2.94. The van der Waals surface area contributed by atoms with Crippen molar-refractivity contribution >= 4 is 0 Å². The fourth-order valence-electron chi connectivity index (χ4n) is 1.68. The van der Waals surface area contributed by atoms with Crippen LogP contribution in [0.25, 0.3) is 0 Å². The van der Waals surface area contributed by atoms with Gasteiger partial charge in [0.25, 0.3) is 0 Å². The molecule has 1 aromatic carbocycles. The zero-order valence-electron chi connectivity index (χ0n) is 11.3. The van der Waals surface area contributed by atoms with Gasteiger partial charge < -0.3 is 19.9 Å². The summed E-state index contributed by atoms with van der Waals surface area (Å²) >= 11 is 0. The fraction of sp³-hybridized carbons (Fsp3) is 0.538. The third-order valence-corrected chi connectivity index (χ3v) is 2.72. The average molecular weight is 293 g/mol. The van der Waals surface area contributed by atoms with Crippen LogP contribution in [0, 0.1) is 0 Å². The first-order valence-corrected chi connectivity index (χ1v) is 6.05. The van der Waals surface area contributed by atoms with Crippen LogP contribution in [-0.2, 0) is 0 Å². The molecule has 0 heterocycles. The molecule has 0 amide bonds. The quantitative estimate of drug-likeness (QED) is 0.757. The Morgan fingerprint density at radius 1 is 1.25 bits per heavy atom. The lowest BCUT2D eigenvalue weighted by Gasteiger charge is -2.17. The topological polar surface area (TPSA) is 50.7 Å². The molecule has 0 aliphatic carbocycles. The Morgan fingerprint density at radius 3 is 2.50 bits per heavy atom. The molecule has 1 unspecified atom stereocenters. The molecule has 1 rings (SSSR count). The summed E-state index contributed by atoms with van der Waals surface area (Å²) in [4.78, 5) is 0. The Morgan fingerprint density at radius 2 is 1.95 bits per heavy atom. The highest BCUT2D eigenvalue weighted by Gasteiger charge is 2.26. The number of halogens is 3. The van der Waals surface area contributed by atoms with E-state index in [-0.39, 0.29) is 13.1 Å². The standard InChI is InChI=1S/C13H18F3NO3/c1-19-9-3-4-12(20-2)10(7-9)11(18)8-17-6-5-13(14,15)16/h3-4,7,11,17-18H,5-6,8H2,1-2H3. The molecule has 114 valence electrons. The summed E-state index contributed by atoms with van der Waals surface area (Å²) < 4.78 is 46.1. The van der Waals surface area contributed by atoms with Crippen molar-refractivity contribution in [2.45, 2.75) is 18.7 Å². The van der Waals surface area contributed by atoms with Crippen LogP contribution in [0.2, 0.25) is 0 Å². The Labute approximate surface area is 115 Å². The molecule has 0 spiro atoms. The van der Waals surface area contributed by atoms with E-state index in [4.69, 9.17) is 9.47 Å². The monoisotopic (exact) mass is 293 g/mol. The van der Waals surface area contributed by atoms with Gasteiger partial charge in [0, 0.05) is 18.7 Å². The number of rotatable bonds is 7. The summed E-state index contributed by atoms with van der Waals surface area (Å²) in [6.07, 6.45) is -6.12. The highest BCUT2D eigenvalue weighted by molar-refractivity contribution is 5.41. The van der Waals surface area contributed by atoms with Crippen LogP contribution >= 0.6 is 0 Å². The first kappa shape index (κ1) is 16.6. The maximum atomic E-state index is 12.0. The molecular formula is C13H18F3NO3. The van der Waals surface area contributed by atoms with E-state index in [1.54, 1.807) is 18.2 Å². The number of alkyl halides is 3. The van der Waals surface area contributed by atoms with Crippen molar-refractivity contribution in [1.29, 1.82) is 0 Å². The van der Waals surface area contributed by atoms with Gasteiger partial charge in [-0.15, -0.1) is 0 Å². The van der Waals surface area contributed by atoms with Crippen LogP contribution in [0.15, 0.2) is 18.2 Å². The molecule has 20 heavy (non-hydrogen) atoms. The van der Waals surface area contributed by atoms with Crippen molar-refractivity contribution in [3.63, 3.8) is 0 Å². The van der Waals surface area contributed by atoms with Gasteiger partial charge in [0.15, 0.2) is 0 Å². The minimum absolute atomic E-state index is 0.000389. The molecule has 0 aliphatic heterocycles. The van der Waals surface area contributed by atoms with Gasteiger partial charge in [-0.05, 0) is 18.2 Å². The number of aliphatic hydroxyl groups is 1. The number of aliphatic hydroxyl groups excluding tert-OH is 1. The summed E-state index contributed by atoms with van der Waals surface area (Å²) in [5.41, 5.74) is 0.464. The summed E-state index contributed by atoms with van der Waals surface area (Å²) in [6, 6.07) is 4.90. The minimum atomic E-state index is -4.20. The van der Waals surface area contributed by atoms with Gasteiger partial charge in [0.2, 0.25) is 0 Å². The van der Waals surface area contributed by atoms with E-state index < -0.39 is 18.7 Å². The maximum absolute atomic E-state index is 12.0. The SMILES string of the molecule is COc1ccc(OC)c(C(O)CNCCC(F)(F)F)c1.